The topological polar surface area (TPSA) is 0 Å². The zero-order valence-electron chi connectivity index (χ0n) is 10.8. The van der Waals surface area contributed by atoms with E-state index in [4.69, 9.17) is 0 Å². The van der Waals surface area contributed by atoms with Gasteiger partial charge in [-0.3, -0.25) is 0 Å². The number of halogens is 2. The lowest BCUT2D eigenvalue weighted by atomic mass is 9.78. The van der Waals surface area contributed by atoms with Crippen molar-refractivity contribution >= 4 is 43.6 Å². The third-order valence-electron chi connectivity index (χ3n) is 3.83. The Kier molecular flexibility index (Phi) is 5.64. The maximum atomic E-state index is 3.74. The zero-order valence-corrected chi connectivity index (χ0v) is 14.8. The van der Waals surface area contributed by atoms with Gasteiger partial charge >= 0.3 is 0 Å². The van der Waals surface area contributed by atoms with Crippen molar-refractivity contribution in [2.75, 3.05) is 16.4 Å². The van der Waals surface area contributed by atoms with Crippen LogP contribution in [0.4, 0.5) is 0 Å². The molecule has 0 fully saturated rings. The largest absolute Gasteiger partial charge is 0.125 e. The molecule has 0 amide bonds. The van der Waals surface area contributed by atoms with Crippen LogP contribution in [-0.4, -0.2) is 16.4 Å². The summed E-state index contributed by atoms with van der Waals surface area (Å²) in [5, 5.41) is 2.20. The van der Waals surface area contributed by atoms with Crippen LogP contribution in [0.1, 0.15) is 37.7 Å². The molecule has 0 saturated heterocycles. The number of rotatable bonds is 6. The average molecular weight is 392 g/mol. The number of hydrogen-bond acceptors (Lipinski definition) is 1. The first-order valence-corrected chi connectivity index (χ1v) is 9.81. The molecule has 0 bridgehead atoms. The first-order chi connectivity index (χ1) is 8.74. The van der Waals surface area contributed by atoms with Gasteiger partial charge in [-0.1, -0.05) is 63.4 Å². The molecule has 0 spiro atoms. The monoisotopic (exact) mass is 390 g/mol. The normalized spacial score (nSPS) is 18.9. The van der Waals surface area contributed by atoms with E-state index in [1.807, 2.05) is 11.8 Å². The molecule has 1 aromatic carbocycles. The second kappa shape index (κ2) is 6.81. The fourth-order valence-corrected chi connectivity index (χ4v) is 6.03. The van der Waals surface area contributed by atoms with Gasteiger partial charge in [0.25, 0.3) is 0 Å². The predicted molar refractivity (Wildman–Crippen MR) is 89.5 cm³/mol. The molecule has 1 aliphatic rings. The van der Waals surface area contributed by atoms with E-state index in [-0.39, 0.29) is 0 Å². The van der Waals surface area contributed by atoms with Gasteiger partial charge in [-0.25, -0.2) is 0 Å². The molecule has 0 aromatic heterocycles. The Bertz CT molecular complexity index is 388. The van der Waals surface area contributed by atoms with Crippen molar-refractivity contribution in [1.29, 1.82) is 0 Å². The summed E-state index contributed by atoms with van der Waals surface area (Å²) in [7, 11) is 0. The Labute approximate surface area is 132 Å². The zero-order chi connectivity index (χ0) is 13.0. The SMILES string of the molecule is CCCC(CBr)(CBr)CC1CSc2ccccc21. The maximum absolute atomic E-state index is 3.74. The number of alkyl halides is 2. The van der Waals surface area contributed by atoms with Crippen molar-refractivity contribution < 1.29 is 0 Å². The Hall–Kier alpha value is 0.530. The lowest BCUT2D eigenvalue weighted by Gasteiger charge is -2.32. The van der Waals surface area contributed by atoms with Crippen molar-refractivity contribution in [3.63, 3.8) is 0 Å². The summed E-state index contributed by atoms with van der Waals surface area (Å²) >= 11 is 9.51. The van der Waals surface area contributed by atoms with Gasteiger partial charge in [-0.05, 0) is 35.8 Å². The van der Waals surface area contributed by atoms with Gasteiger partial charge in [0.1, 0.15) is 0 Å². The highest BCUT2D eigenvalue weighted by Gasteiger charge is 2.33. The second-order valence-corrected chi connectivity index (χ2v) is 7.45. The van der Waals surface area contributed by atoms with E-state index in [0.29, 0.717) is 5.41 Å². The smallest absolute Gasteiger partial charge is 0.0107 e. The second-order valence-electron chi connectivity index (χ2n) is 5.27. The van der Waals surface area contributed by atoms with E-state index < -0.39 is 0 Å². The molecule has 0 radical (unpaired) electrons. The van der Waals surface area contributed by atoms with Crippen LogP contribution in [0.3, 0.4) is 0 Å². The van der Waals surface area contributed by atoms with Gasteiger partial charge < -0.3 is 0 Å². The van der Waals surface area contributed by atoms with Crippen LogP contribution in [0.25, 0.3) is 0 Å². The van der Waals surface area contributed by atoms with Crippen LogP contribution in [0.5, 0.6) is 0 Å². The molecule has 0 N–H and O–H groups in total. The Balaban J connectivity index is 2.14. The number of hydrogen-bond donors (Lipinski definition) is 0. The van der Waals surface area contributed by atoms with Crippen LogP contribution in [0, 0.1) is 5.41 Å². The molecule has 100 valence electrons. The van der Waals surface area contributed by atoms with Gasteiger partial charge in [0.15, 0.2) is 0 Å². The van der Waals surface area contributed by atoms with Crippen molar-refractivity contribution in [2.24, 2.45) is 5.41 Å². The summed E-state index contributed by atoms with van der Waals surface area (Å²) < 4.78 is 0. The third kappa shape index (κ3) is 3.16. The number of thioether (sulfide) groups is 1. The lowest BCUT2D eigenvalue weighted by molar-refractivity contribution is 0.306. The maximum Gasteiger partial charge on any atom is 0.0107 e. The summed E-state index contributed by atoms with van der Waals surface area (Å²) in [5.41, 5.74) is 1.99. The van der Waals surface area contributed by atoms with Gasteiger partial charge in [0.05, 0.1) is 0 Å². The van der Waals surface area contributed by atoms with Gasteiger partial charge in [-0.2, -0.15) is 0 Å². The summed E-state index contributed by atoms with van der Waals surface area (Å²) in [6.45, 7) is 2.29. The van der Waals surface area contributed by atoms with Gasteiger partial charge in [-0.15, -0.1) is 11.8 Å². The molecule has 1 aliphatic heterocycles. The first kappa shape index (κ1) is 14.9. The molecular weight excluding hydrogens is 372 g/mol. The van der Waals surface area contributed by atoms with E-state index in [1.165, 1.54) is 29.9 Å². The summed E-state index contributed by atoms with van der Waals surface area (Å²) in [5.74, 6) is 1.98. The minimum Gasteiger partial charge on any atom is -0.125 e. The Morgan fingerprint density at radius 3 is 2.67 bits per heavy atom. The standard InChI is InChI=1S/C15H20Br2S/c1-2-7-15(10-16,11-17)8-12-9-18-14-6-4-3-5-13(12)14/h3-6,12H,2,7-11H2,1H3. The van der Waals surface area contributed by atoms with Gasteiger partial charge in [0, 0.05) is 21.3 Å². The molecule has 1 atom stereocenters. The molecular formula is C15H20Br2S. The van der Waals surface area contributed by atoms with E-state index in [1.54, 1.807) is 5.56 Å². The van der Waals surface area contributed by atoms with Crippen molar-refractivity contribution in [2.45, 2.75) is 37.0 Å². The highest BCUT2D eigenvalue weighted by Crippen LogP contribution is 2.47. The van der Waals surface area contributed by atoms with Crippen LogP contribution in [0.15, 0.2) is 29.2 Å². The van der Waals surface area contributed by atoms with Crippen molar-refractivity contribution in [3.8, 4) is 0 Å². The fourth-order valence-electron chi connectivity index (χ4n) is 2.83. The average Bonchev–Trinajstić information content (AvgIpc) is 2.81. The van der Waals surface area contributed by atoms with Crippen molar-refractivity contribution in [1.82, 2.24) is 0 Å². The van der Waals surface area contributed by atoms with Gasteiger partial charge in [0.2, 0.25) is 0 Å². The molecule has 0 aliphatic carbocycles. The number of benzene rings is 1. The van der Waals surface area contributed by atoms with Crippen LogP contribution < -0.4 is 0 Å². The summed E-state index contributed by atoms with van der Waals surface area (Å²) in [6.07, 6.45) is 3.85. The fraction of sp³-hybridized carbons (Fsp3) is 0.600. The quantitative estimate of drug-likeness (QED) is 0.548. The molecule has 0 saturated carbocycles. The Morgan fingerprint density at radius 1 is 1.28 bits per heavy atom. The molecule has 3 heteroatoms. The van der Waals surface area contributed by atoms with Crippen LogP contribution >= 0.6 is 43.6 Å². The van der Waals surface area contributed by atoms with E-state index in [9.17, 15) is 0 Å². The summed E-state index contributed by atoms with van der Waals surface area (Å²) in [6, 6.07) is 8.92. The predicted octanol–water partition coefficient (Wildman–Crippen LogP) is 5.84. The van der Waals surface area contributed by atoms with E-state index >= 15 is 0 Å². The molecule has 1 heterocycles. The van der Waals surface area contributed by atoms with Crippen LogP contribution in [-0.2, 0) is 0 Å². The van der Waals surface area contributed by atoms with Crippen LogP contribution in [0.2, 0.25) is 0 Å². The molecule has 1 unspecified atom stereocenters. The molecule has 18 heavy (non-hydrogen) atoms. The summed E-state index contributed by atoms with van der Waals surface area (Å²) in [4.78, 5) is 1.50. The lowest BCUT2D eigenvalue weighted by Crippen LogP contribution is -2.27. The highest BCUT2D eigenvalue weighted by atomic mass is 79.9. The Morgan fingerprint density at radius 2 is 2.00 bits per heavy atom. The molecule has 0 nitrogen and oxygen atoms in total. The number of fused-ring (bicyclic) bond motifs is 1. The van der Waals surface area contributed by atoms with E-state index in [2.05, 4.69) is 63.0 Å². The molecule has 1 aromatic rings. The third-order valence-corrected chi connectivity index (χ3v) is 7.46. The minimum absolute atomic E-state index is 0.414. The minimum atomic E-state index is 0.414. The highest BCUT2D eigenvalue weighted by molar-refractivity contribution is 9.09. The first-order valence-electron chi connectivity index (χ1n) is 6.58. The van der Waals surface area contributed by atoms with Crippen molar-refractivity contribution in [3.05, 3.63) is 29.8 Å². The molecule has 2 rings (SSSR count). The van der Waals surface area contributed by atoms with E-state index in [0.717, 1.165) is 16.6 Å².